The first-order valence-electron chi connectivity index (χ1n) is 5.02. The van der Waals surface area contributed by atoms with Crippen molar-refractivity contribution >= 4 is 16.8 Å². The Morgan fingerprint density at radius 3 is 2.22 bits per heavy atom. The van der Waals surface area contributed by atoms with Crippen LogP contribution in [0, 0.1) is 0 Å². The molecular weight excluding hydrogens is 269 g/mol. The molecule has 0 spiro atoms. The van der Waals surface area contributed by atoms with E-state index in [9.17, 15) is 22.2 Å². The summed E-state index contributed by atoms with van der Waals surface area (Å²) in [6.45, 7) is 0. The van der Waals surface area contributed by atoms with Gasteiger partial charge in [-0.25, -0.2) is 0 Å². The first-order valence-corrected chi connectivity index (χ1v) is 6.51. The third kappa shape index (κ3) is 4.87. The predicted molar refractivity (Wildman–Crippen MR) is 60.4 cm³/mol. The van der Waals surface area contributed by atoms with E-state index < -0.39 is 28.5 Å². The van der Waals surface area contributed by atoms with Crippen LogP contribution in [0.3, 0.4) is 0 Å². The molecule has 0 aromatic heterocycles. The predicted octanol–water partition coefficient (Wildman–Crippen LogP) is 2.43. The van der Waals surface area contributed by atoms with Crippen molar-refractivity contribution in [3.63, 3.8) is 0 Å². The normalized spacial score (nSPS) is 13.3. The van der Waals surface area contributed by atoms with Crippen molar-refractivity contribution in [2.45, 2.75) is 18.3 Å². The number of alkyl halides is 3. The molecule has 0 saturated heterocycles. The summed E-state index contributed by atoms with van der Waals surface area (Å²) in [6.07, 6.45) is -4.60. The zero-order chi connectivity index (χ0) is 13.8. The van der Waals surface area contributed by atoms with Gasteiger partial charge in [-0.1, -0.05) is 12.1 Å². The molecule has 0 saturated carbocycles. The van der Waals surface area contributed by atoms with E-state index in [4.69, 9.17) is 5.11 Å². The van der Waals surface area contributed by atoms with Gasteiger partial charge in [0.15, 0.2) is 0 Å². The monoisotopic (exact) mass is 280 g/mol. The minimum Gasteiger partial charge on any atom is -0.481 e. The number of carboxylic acid groups (broad SMARTS) is 1. The molecule has 0 heterocycles. The Bertz CT molecular complexity index is 440. The third-order valence-electron chi connectivity index (χ3n) is 2.15. The lowest BCUT2D eigenvalue weighted by Crippen LogP contribution is -2.07. The summed E-state index contributed by atoms with van der Waals surface area (Å²) in [5.41, 5.74) is -0.269. The first kappa shape index (κ1) is 14.7. The van der Waals surface area contributed by atoms with Gasteiger partial charge >= 0.3 is 12.1 Å². The van der Waals surface area contributed by atoms with Crippen LogP contribution in [0.4, 0.5) is 13.2 Å². The summed E-state index contributed by atoms with van der Waals surface area (Å²) < 4.78 is 48.2. The average molecular weight is 280 g/mol. The van der Waals surface area contributed by atoms with Gasteiger partial charge in [0, 0.05) is 22.3 Å². The number of hydrogen-bond acceptors (Lipinski definition) is 2. The van der Waals surface area contributed by atoms with Crippen LogP contribution in [0.2, 0.25) is 0 Å². The molecule has 0 aliphatic carbocycles. The Kier molecular flexibility index (Phi) is 4.89. The fourth-order valence-electron chi connectivity index (χ4n) is 1.25. The standard InChI is InChI=1S/C11H11F3O3S/c12-11(13,14)9-3-1-8(2-4-9)7-18(17)6-5-10(15)16/h1-4H,5-7H2,(H,15,16). The highest BCUT2D eigenvalue weighted by Crippen LogP contribution is 2.29. The number of halogens is 3. The second kappa shape index (κ2) is 5.99. The van der Waals surface area contributed by atoms with E-state index in [1.807, 2.05) is 0 Å². The zero-order valence-electron chi connectivity index (χ0n) is 9.24. The lowest BCUT2D eigenvalue weighted by Gasteiger charge is -2.07. The van der Waals surface area contributed by atoms with E-state index in [-0.39, 0.29) is 17.9 Å². The number of rotatable bonds is 5. The van der Waals surface area contributed by atoms with E-state index in [0.717, 1.165) is 12.1 Å². The maximum absolute atomic E-state index is 12.3. The fraction of sp³-hybridized carbons (Fsp3) is 0.364. The molecule has 1 rings (SSSR count). The summed E-state index contributed by atoms with van der Waals surface area (Å²) in [5.74, 6) is -0.988. The van der Waals surface area contributed by atoms with Gasteiger partial charge in [-0.3, -0.25) is 9.00 Å². The minimum absolute atomic E-state index is 0.00362. The minimum atomic E-state index is -4.39. The van der Waals surface area contributed by atoms with Gasteiger partial charge in [0.25, 0.3) is 0 Å². The Morgan fingerprint density at radius 2 is 1.78 bits per heavy atom. The largest absolute Gasteiger partial charge is 0.481 e. The number of carboxylic acids is 1. The molecule has 0 amide bonds. The molecule has 1 aromatic carbocycles. The molecule has 1 N–H and O–H groups in total. The van der Waals surface area contributed by atoms with E-state index >= 15 is 0 Å². The highest BCUT2D eigenvalue weighted by atomic mass is 32.2. The maximum Gasteiger partial charge on any atom is 0.416 e. The third-order valence-corrected chi connectivity index (χ3v) is 3.47. The molecule has 0 aliphatic heterocycles. The summed E-state index contributed by atoms with van der Waals surface area (Å²) in [6, 6.07) is 4.34. The average Bonchev–Trinajstić information content (AvgIpc) is 2.26. The fourth-order valence-corrected chi connectivity index (χ4v) is 2.36. The van der Waals surface area contributed by atoms with Crippen molar-refractivity contribution in [1.82, 2.24) is 0 Å². The van der Waals surface area contributed by atoms with Crippen LogP contribution in [-0.4, -0.2) is 21.0 Å². The van der Waals surface area contributed by atoms with E-state index in [2.05, 4.69) is 0 Å². The molecule has 100 valence electrons. The van der Waals surface area contributed by atoms with Crippen LogP contribution < -0.4 is 0 Å². The number of carbonyl (C=O) groups is 1. The molecular formula is C11H11F3O3S. The van der Waals surface area contributed by atoms with Gasteiger partial charge < -0.3 is 5.11 Å². The van der Waals surface area contributed by atoms with Gasteiger partial charge in [0.1, 0.15) is 0 Å². The van der Waals surface area contributed by atoms with Gasteiger partial charge in [0.05, 0.1) is 12.0 Å². The van der Waals surface area contributed by atoms with Crippen molar-refractivity contribution in [1.29, 1.82) is 0 Å². The Labute approximate surface area is 104 Å². The van der Waals surface area contributed by atoms with Crippen LogP contribution in [0.25, 0.3) is 0 Å². The molecule has 0 bridgehead atoms. The highest BCUT2D eigenvalue weighted by Gasteiger charge is 2.29. The van der Waals surface area contributed by atoms with E-state index in [1.165, 1.54) is 12.1 Å². The summed E-state index contributed by atoms with van der Waals surface area (Å²) in [4.78, 5) is 10.3. The first-order chi connectivity index (χ1) is 8.29. The lowest BCUT2D eigenvalue weighted by molar-refractivity contribution is -0.138. The molecule has 0 radical (unpaired) electrons. The smallest absolute Gasteiger partial charge is 0.416 e. The Hall–Kier alpha value is -1.37. The highest BCUT2D eigenvalue weighted by molar-refractivity contribution is 7.84. The number of benzene rings is 1. The summed E-state index contributed by atoms with van der Waals surface area (Å²) in [5, 5.41) is 8.39. The van der Waals surface area contributed by atoms with Crippen molar-refractivity contribution in [3.05, 3.63) is 35.4 Å². The molecule has 7 heteroatoms. The molecule has 0 fully saturated rings. The van der Waals surface area contributed by atoms with E-state index in [0.29, 0.717) is 5.56 Å². The summed E-state index contributed by atoms with van der Waals surface area (Å²) >= 11 is 0. The molecule has 0 aliphatic rings. The molecule has 1 atom stereocenters. The van der Waals surface area contributed by atoms with Crippen LogP contribution in [0.15, 0.2) is 24.3 Å². The zero-order valence-corrected chi connectivity index (χ0v) is 10.1. The van der Waals surface area contributed by atoms with Crippen molar-refractivity contribution < 1.29 is 27.3 Å². The molecule has 1 aromatic rings. The lowest BCUT2D eigenvalue weighted by atomic mass is 10.1. The number of aliphatic carboxylic acids is 1. The second-order valence-electron chi connectivity index (χ2n) is 3.63. The van der Waals surface area contributed by atoms with Gasteiger partial charge in [-0.2, -0.15) is 13.2 Å². The van der Waals surface area contributed by atoms with Crippen LogP contribution >= 0.6 is 0 Å². The van der Waals surface area contributed by atoms with Gasteiger partial charge in [0.2, 0.25) is 0 Å². The van der Waals surface area contributed by atoms with Crippen molar-refractivity contribution in [2.75, 3.05) is 5.75 Å². The second-order valence-corrected chi connectivity index (χ2v) is 5.20. The van der Waals surface area contributed by atoms with E-state index in [1.54, 1.807) is 0 Å². The van der Waals surface area contributed by atoms with Gasteiger partial charge in [-0.05, 0) is 17.7 Å². The Balaban J connectivity index is 2.59. The number of hydrogen-bond donors (Lipinski definition) is 1. The molecule has 18 heavy (non-hydrogen) atoms. The topological polar surface area (TPSA) is 54.4 Å². The SMILES string of the molecule is O=C(O)CCS(=O)Cc1ccc(C(F)(F)F)cc1. The van der Waals surface area contributed by atoms with Crippen LogP contribution in [-0.2, 0) is 27.5 Å². The van der Waals surface area contributed by atoms with Crippen molar-refractivity contribution in [3.8, 4) is 0 Å². The van der Waals surface area contributed by atoms with Crippen molar-refractivity contribution in [2.24, 2.45) is 0 Å². The molecule has 3 nitrogen and oxygen atoms in total. The summed E-state index contributed by atoms with van der Waals surface area (Å²) in [7, 11) is -1.38. The van der Waals surface area contributed by atoms with Crippen LogP contribution in [0.5, 0.6) is 0 Å². The molecule has 1 unspecified atom stereocenters. The Morgan fingerprint density at radius 1 is 1.22 bits per heavy atom. The quantitative estimate of drug-likeness (QED) is 0.901. The van der Waals surface area contributed by atoms with Gasteiger partial charge in [-0.15, -0.1) is 0 Å². The van der Waals surface area contributed by atoms with Crippen LogP contribution in [0.1, 0.15) is 17.5 Å². The maximum atomic E-state index is 12.3.